The van der Waals surface area contributed by atoms with Gasteiger partial charge in [-0.1, -0.05) is 0 Å². The van der Waals surface area contributed by atoms with Gasteiger partial charge >= 0.3 is 0 Å². The fraction of sp³-hybridized carbons (Fsp3) is 0.875. The molecule has 0 N–H and O–H groups in total. The van der Waals surface area contributed by atoms with Crippen molar-refractivity contribution in [3.63, 3.8) is 0 Å². The highest BCUT2D eigenvalue weighted by atomic mass is 15.2. The van der Waals surface area contributed by atoms with Gasteiger partial charge in [0.15, 0.2) is 0 Å². The Labute approximate surface area is 63.2 Å². The minimum absolute atomic E-state index is 1.25. The first kappa shape index (κ1) is 7.58. The van der Waals surface area contributed by atoms with Crippen LogP contribution in [-0.2, 0) is 0 Å². The maximum absolute atomic E-state index is 2.39. The summed E-state index contributed by atoms with van der Waals surface area (Å²) < 4.78 is 2.12. The Bertz CT molecular complexity index is 119. The van der Waals surface area contributed by atoms with Crippen LogP contribution in [-0.4, -0.2) is 43.0 Å². The molecule has 1 heterocycles. The van der Waals surface area contributed by atoms with Crippen molar-refractivity contribution in [3.8, 4) is 0 Å². The molecule has 0 aromatic carbocycles. The van der Waals surface area contributed by atoms with Crippen LogP contribution in [0.25, 0.3) is 0 Å². The lowest BCUT2D eigenvalue weighted by Crippen LogP contribution is -2.31. The number of hydrogen-bond acceptors (Lipinski definition) is 0. The van der Waals surface area contributed by atoms with Crippen LogP contribution >= 0.6 is 0 Å². The quantitative estimate of drug-likeness (QED) is 0.297. The van der Waals surface area contributed by atoms with Gasteiger partial charge in [-0.2, -0.15) is 0 Å². The fourth-order valence-electron chi connectivity index (χ4n) is 1.36. The van der Waals surface area contributed by atoms with Crippen molar-refractivity contribution in [2.24, 2.45) is 0 Å². The highest BCUT2D eigenvalue weighted by Crippen LogP contribution is 2.05. The molecule has 0 unspecified atom stereocenters. The van der Waals surface area contributed by atoms with Crippen molar-refractivity contribution < 1.29 is 4.58 Å². The highest BCUT2D eigenvalue weighted by Gasteiger charge is 2.11. The van der Waals surface area contributed by atoms with Gasteiger partial charge in [-0.15, -0.1) is 0 Å². The fourth-order valence-corrected chi connectivity index (χ4v) is 1.36. The maximum Gasteiger partial charge on any atom is 0.233 e. The van der Waals surface area contributed by atoms with Crippen molar-refractivity contribution in [1.29, 1.82) is 0 Å². The van der Waals surface area contributed by atoms with E-state index in [-0.39, 0.29) is 0 Å². The van der Waals surface area contributed by atoms with E-state index in [4.69, 9.17) is 0 Å². The molecule has 2 nitrogen and oxygen atoms in total. The second kappa shape index (κ2) is 3.59. The summed E-state index contributed by atoms with van der Waals surface area (Å²) in [5.74, 6) is 0. The molecule has 1 rings (SSSR count). The molecule has 0 atom stereocenters. The molecule has 1 aliphatic heterocycles. The molecule has 1 saturated heterocycles. The van der Waals surface area contributed by atoms with E-state index in [1.165, 1.54) is 32.4 Å². The van der Waals surface area contributed by atoms with Gasteiger partial charge < -0.3 is 0 Å². The number of piperidine rings is 1. The van der Waals surface area contributed by atoms with E-state index in [9.17, 15) is 0 Å². The first-order valence-corrected chi connectivity index (χ1v) is 4.04. The topological polar surface area (TPSA) is 6.25 Å². The Hall–Kier alpha value is -0.530. The summed E-state index contributed by atoms with van der Waals surface area (Å²) in [6.07, 6.45) is 6.34. The molecule has 0 aromatic heterocycles. The second-order valence-electron chi connectivity index (χ2n) is 3.18. The number of nitrogens with zero attached hydrogens (tertiary/aromatic N) is 2. The number of hydrogen-bond donors (Lipinski definition) is 0. The van der Waals surface area contributed by atoms with Gasteiger partial charge in [0.2, 0.25) is 6.34 Å². The smallest absolute Gasteiger partial charge is 0.233 e. The van der Waals surface area contributed by atoms with Crippen LogP contribution in [0.1, 0.15) is 19.3 Å². The summed E-state index contributed by atoms with van der Waals surface area (Å²) in [6, 6.07) is 0. The molecule has 0 radical (unpaired) electrons. The third-order valence-electron chi connectivity index (χ3n) is 1.78. The normalized spacial score (nSPS) is 18.8. The van der Waals surface area contributed by atoms with Crippen LogP contribution in [0.2, 0.25) is 0 Å². The lowest BCUT2D eigenvalue weighted by atomic mass is 10.1. The van der Waals surface area contributed by atoms with E-state index in [1.807, 2.05) is 0 Å². The third kappa shape index (κ3) is 2.38. The van der Waals surface area contributed by atoms with Gasteiger partial charge in [0.1, 0.15) is 0 Å². The Morgan fingerprint density at radius 2 is 1.70 bits per heavy atom. The Morgan fingerprint density at radius 1 is 1.10 bits per heavy atom. The zero-order chi connectivity index (χ0) is 7.40. The monoisotopic (exact) mass is 141 g/mol. The predicted octanol–water partition coefficient (Wildman–Crippen LogP) is 0.773. The molecule has 1 fully saturated rings. The van der Waals surface area contributed by atoms with E-state index in [0.29, 0.717) is 0 Å². The summed E-state index contributed by atoms with van der Waals surface area (Å²) >= 11 is 0. The average molecular weight is 141 g/mol. The van der Waals surface area contributed by atoms with Crippen LogP contribution in [0.4, 0.5) is 0 Å². The van der Waals surface area contributed by atoms with Crippen LogP contribution in [0.5, 0.6) is 0 Å². The highest BCUT2D eigenvalue weighted by molar-refractivity contribution is 5.48. The molecule has 0 amide bonds. The van der Waals surface area contributed by atoms with E-state index < -0.39 is 0 Å². The minimum Gasteiger partial charge on any atom is -0.274 e. The van der Waals surface area contributed by atoms with E-state index in [1.54, 1.807) is 0 Å². The maximum atomic E-state index is 2.39. The second-order valence-corrected chi connectivity index (χ2v) is 3.18. The summed E-state index contributed by atoms with van der Waals surface area (Å²) in [7, 11) is 4.16. The lowest BCUT2D eigenvalue weighted by Gasteiger charge is -2.18. The number of likely N-dealkylation sites (tertiary alicyclic amines) is 1. The van der Waals surface area contributed by atoms with Crippen molar-refractivity contribution in [2.75, 3.05) is 27.2 Å². The van der Waals surface area contributed by atoms with Gasteiger partial charge in [0, 0.05) is 0 Å². The van der Waals surface area contributed by atoms with Crippen LogP contribution in [0, 0.1) is 0 Å². The van der Waals surface area contributed by atoms with Crippen LogP contribution in [0.15, 0.2) is 0 Å². The Balaban J connectivity index is 2.33. The van der Waals surface area contributed by atoms with Gasteiger partial charge in [0.05, 0.1) is 27.2 Å². The predicted molar refractivity (Wildman–Crippen MR) is 43.6 cm³/mol. The van der Waals surface area contributed by atoms with Gasteiger partial charge in [-0.05, 0) is 19.3 Å². The molecular formula is C8H17N2+. The summed E-state index contributed by atoms with van der Waals surface area (Å²) in [5.41, 5.74) is 0. The van der Waals surface area contributed by atoms with Crippen molar-refractivity contribution in [2.45, 2.75) is 19.3 Å². The molecule has 0 aromatic rings. The molecule has 10 heavy (non-hydrogen) atoms. The van der Waals surface area contributed by atoms with Crippen molar-refractivity contribution in [1.82, 2.24) is 4.90 Å². The number of rotatable bonds is 1. The zero-order valence-electron chi connectivity index (χ0n) is 7.01. The third-order valence-corrected chi connectivity index (χ3v) is 1.78. The SMILES string of the molecule is C[N+](C)=CN1CCCCC1. The van der Waals surface area contributed by atoms with E-state index >= 15 is 0 Å². The zero-order valence-corrected chi connectivity index (χ0v) is 7.01. The van der Waals surface area contributed by atoms with Gasteiger partial charge in [-0.3, -0.25) is 9.48 Å². The first-order valence-electron chi connectivity index (χ1n) is 4.04. The van der Waals surface area contributed by atoms with E-state index in [0.717, 1.165) is 0 Å². The Morgan fingerprint density at radius 3 is 2.20 bits per heavy atom. The van der Waals surface area contributed by atoms with Crippen LogP contribution in [0.3, 0.4) is 0 Å². The molecule has 1 aliphatic rings. The molecule has 0 saturated carbocycles. The standard InChI is InChI=1S/C8H17N2/c1-9(2)8-10-6-4-3-5-7-10/h8H,3-7H2,1-2H3/q+1. The largest absolute Gasteiger partial charge is 0.274 e. The van der Waals surface area contributed by atoms with Gasteiger partial charge in [-0.25, -0.2) is 0 Å². The van der Waals surface area contributed by atoms with Crippen molar-refractivity contribution >= 4 is 6.34 Å². The first-order chi connectivity index (χ1) is 4.79. The molecule has 2 heteroatoms. The van der Waals surface area contributed by atoms with E-state index in [2.05, 4.69) is 29.9 Å². The molecular weight excluding hydrogens is 124 g/mol. The molecule has 0 spiro atoms. The van der Waals surface area contributed by atoms with Crippen molar-refractivity contribution in [3.05, 3.63) is 0 Å². The Kier molecular flexibility index (Phi) is 2.72. The average Bonchev–Trinajstić information content (AvgIpc) is 1.88. The molecule has 58 valence electrons. The summed E-state index contributed by atoms with van der Waals surface area (Å²) in [4.78, 5) is 2.39. The summed E-state index contributed by atoms with van der Waals surface area (Å²) in [6.45, 7) is 2.50. The minimum atomic E-state index is 1.25. The molecule has 0 aliphatic carbocycles. The van der Waals surface area contributed by atoms with Crippen LogP contribution < -0.4 is 0 Å². The van der Waals surface area contributed by atoms with Gasteiger partial charge in [0.25, 0.3) is 0 Å². The summed E-state index contributed by atoms with van der Waals surface area (Å²) in [5, 5.41) is 0. The molecule has 0 bridgehead atoms. The lowest BCUT2D eigenvalue weighted by molar-refractivity contribution is -0.464.